The number of nitrogens with zero attached hydrogens (tertiary/aromatic N) is 5. The fourth-order valence-electron chi connectivity index (χ4n) is 4.64. The second-order valence-electron chi connectivity index (χ2n) is 9.63. The third-order valence-corrected chi connectivity index (χ3v) is 9.54. The number of rotatable bonds is 11. The maximum atomic E-state index is 12.9. The van der Waals surface area contributed by atoms with E-state index in [9.17, 15) is 13.2 Å². The lowest BCUT2D eigenvalue weighted by Crippen LogP contribution is -2.35. The van der Waals surface area contributed by atoms with Crippen LogP contribution in [-0.4, -0.2) is 71.2 Å². The number of anilines is 1. The first kappa shape index (κ1) is 28.3. The Labute approximate surface area is 229 Å². The Balaban J connectivity index is 1.42. The molecule has 3 aromatic rings. The van der Waals surface area contributed by atoms with Crippen molar-refractivity contribution in [2.45, 2.75) is 55.2 Å². The van der Waals surface area contributed by atoms with Gasteiger partial charge in [-0.05, 0) is 63.2 Å². The summed E-state index contributed by atoms with van der Waals surface area (Å²) in [5, 5.41) is 12.5. The largest absolute Gasteiger partial charge is 0.325 e. The van der Waals surface area contributed by atoms with Crippen LogP contribution in [0, 0.1) is 0 Å². The van der Waals surface area contributed by atoms with E-state index in [2.05, 4.69) is 44.0 Å². The molecule has 1 aliphatic rings. The van der Waals surface area contributed by atoms with Crippen molar-refractivity contribution in [3.05, 3.63) is 66.0 Å². The standard InChI is InChI=1S/C27H36N6O3S2/c1-4-24(31(2)3)26-29-30-27(33(26)19-21-11-7-5-8-12-21)37-20-25(34)28-22-13-15-23(16-14-22)38(35,36)32-17-9-6-10-18-32/h5,7-8,11-16,24H,4,6,9-10,17-20H2,1-3H3,(H,28,34)/t24-/m1/s1. The lowest BCUT2D eigenvalue weighted by Gasteiger charge is -2.25. The molecule has 2 heterocycles. The second-order valence-corrected chi connectivity index (χ2v) is 12.5. The molecular weight excluding hydrogens is 520 g/mol. The van der Waals surface area contributed by atoms with Crippen LogP contribution in [0.1, 0.15) is 50.0 Å². The van der Waals surface area contributed by atoms with Crippen LogP contribution in [0.25, 0.3) is 0 Å². The molecule has 0 saturated carbocycles. The number of aromatic nitrogens is 3. The summed E-state index contributed by atoms with van der Waals surface area (Å²) in [5.74, 6) is 0.825. The summed E-state index contributed by atoms with van der Waals surface area (Å²) in [6, 6.07) is 16.6. The Kier molecular flexibility index (Phi) is 9.59. The predicted molar refractivity (Wildman–Crippen MR) is 151 cm³/mol. The maximum Gasteiger partial charge on any atom is 0.243 e. The third-order valence-electron chi connectivity index (χ3n) is 6.66. The number of carbonyl (C=O) groups excluding carboxylic acids is 1. The van der Waals surface area contributed by atoms with Crippen LogP contribution in [0.15, 0.2) is 64.6 Å². The van der Waals surface area contributed by atoms with Crippen LogP contribution in [0.2, 0.25) is 0 Å². The van der Waals surface area contributed by atoms with Gasteiger partial charge in [-0.25, -0.2) is 8.42 Å². The van der Waals surface area contributed by atoms with E-state index < -0.39 is 10.0 Å². The van der Waals surface area contributed by atoms with Gasteiger partial charge in [0, 0.05) is 18.8 Å². The Morgan fingerprint density at radius 2 is 1.71 bits per heavy atom. The molecule has 0 bridgehead atoms. The van der Waals surface area contributed by atoms with Crippen molar-refractivity contribution in [3.8, 4) is 0 Å². The molecule has 1 atom stereocenters. The van der Waals surface area contributed by atoms with Crippen molar-refractivity contribution in [2.75, 3.05) is 38.3 Å². The molecule has 2 aromatic carbocycles. The van der Waals surface area contributed by atoms with E-state index in [0.717, 1.165) is 37.1 Å². The smallest absolute Gasteiger partial charge is 0.243 e. The van der Waals surface area contributed by atoms with Crippen molar-refractivity contribution in [2.24, 2.45) is 0 Å². The van der Waals surface area contributed by atoms with Crippen LogP contribution in [0.3, 0.4) is 0 Å². The zero-order chi connectivity index (χ0) is 27.1. The molecule has 204 valence electrons. The number of piperidine rings is 1. The fourth-order valence-corrected chi connectivity index (χ4v) is 6.90. The molecule has 0 spiro atoms. The minimum atomic E-state index is -3.50. The number of amides is 1. The first-order valence-corrected chi connectivity index (χ1v) is 15.4. The van der Waals surface area contributed by atoms with Gasteiger partial charge in [0.05, 0.1) is 23.2 Å². The Bertz CT molecular complexity index is 1300. The molecule has 0 unspecified atom stereocenters. The molecule has 1 N–H and O–H groups in total. The van der Waals surface area contributed by atoms with Crippen LogP contribution in [0.5, 0.6) is 0 Å². The molecule has 0 radical (unpaired) electrons. The van der Waals surface area contributed by atoms with Crippen molar-refractivity contribution >= 4 is 33.4 Å². The molecular formula is C27H36N6O3S2. The molecule has 1 amide bonds. The van der Waals surface area contributed by atoms with Crippen LogP contribution in [-0.2, 0) is 21.4 Å². The fraction of sp³-hybridized carbons (Fsp3) is 0.444. The number of thioether (sulfide) groups is 1. The highest BCUT2D eigenvalue weighted by Crippen LogP contribution is 2.27. The Morgan fingerprint density at radius 1 is 1.03 bits per heavy atom. The molecule has 9 nitrogen and oxygen atoms in total. The SMILES string of the molecule is CC[C@H](c1nnc(SCC(=O)Nc2ccc(S(=O)(=O)N3CCCCC3)cc2)n1Cc1ccccc1)N(C)C. The lowest BCUT2D eigenvalue weighted by molar-refractivity contribution is -0.113. The summed E-state index contributed by atoms with van der Waals surface area (Å²) in [4.78, 5) is 15.1. The van der Waals surface area contributed by atoms with E-state index in [1.807, 2.05) is 32.3 Å². The van der Waals surface area contributed by atoms with Gasteiger partial charge in [0.15, 0.2) is 11.0 Å². The van der Waals surface area contributed by atoms with Gasteiger partial charge in [0.2, 0.25) is 15.9 Å². The van der Waals surface area contributed by atoms with Gasteiger partial charge in [-0.2, -0.15) is 4.31 Å². The van der Waals surface area contributed by atoms with Crippen molar-refractivity contribution in [1.29, 1.82) is 0 Å². The van der Waals surface area contributed by atoms with E-state index in [0.29, 0.717) is 30.5 Å². The summed E-state index contributed by atoms with van der Waals surface area (Å²) >= 11 is 1.34. The Morgan fingerprint density at radius 3 is 2.34 bits per heavy atom. The van der Waals surface area contributed by atoms with E-state index in [1.165, 1.54) is 11.8 Å². The molecule has 1 saturated heterocycles. The van der Waals surface area contributed by atoms with Crippen LogP contribution in [0.4, 0.5) is 5.69 Å². The van der Waals surface area contributed by atoms with Crippen molar-refractivity contribution in [1.82, 2.24) is 24.0 Å². The average molecular weight is 557 g/mol. The summed E-state index contributed by atoms with van der Waals surface area (Å²) in [6.07, 6.45) is 3.72. The molecule has 1 fully saturated rings. The molecule has 1 aliphatic heterocycles. The minimum Gasteiger partial charge on any atom is -0.325 e. The average Bonchev–Trinajstić information content (AvgIpc) is 3.31. The first-order valence-electron chi connectivity index (χ1n) is 13.0. The summed E-state index contributed by atoms with van der Waals surface area (Å²) in [5.41, 5.74) is 1.69. The molecule has 4 rings (SSSR count). The lowest BCUT2D eigenvalue weighted by atomic mass is 10.2. The molecule has 38 heavy (non-hydrogen) atoms. The minimum absolute atomic E-state index is 0.106. The number of hydrogen-bond donors (Lipinski definition) is 1. The number of hydrogen-bond acceptors (Lipinski definition) is 7. The topological polar surface area (TPSA) is 100 Å². The Hall–Kier alpha value is -2.73. The summed E-state index contributed by atoms with van der Waals surface area (Å²) in [7, 11) is 0.551. The van der Waals surface area contributed by atoms with E-state index in [1.54, 1.807) is 28.6 Å². The molecule has 1 aromatic heterocycles. The predicted octanol–water partition coefficient (Wildman–Crippen LogP) is 4.24. The zero-order valence-corrected chi connectivity index (χ0v) is 23.8. The van der Waals surface area contributed by atoms with E-state index in [4.69, 9.17) is 0 Å². The normalized spacial score (nSPS) is 15.5. The first-order chi connectivity index (χ1) is 18.3. The highest BCUT2D eigenvalue weighted by molar-refractivity contribution is 7.99. The van der Waals surface area contributed by atoms with Crippen molar-refractivity contribution in [3.63, 3.8) is 0 Å². The van der Waals surface area contributed by atoms with Gasteiger partial charge in [-0.15, -0.1) is 10.2 Å². The van der Waals surface area contributed by atoms with Crippen LogP contribution < -0.4 is 5.32 Å². The number of nitrogens with one attached hydrogen (secondary N) is 1. The number of benzene rings is 2. The maximum absolute atomic E-state index is 12.9. The molecule has 0 aliphatic carbocycles. The number of sulfonamides is 1. The van der Waals surface area contributed by atoms with E-state index in [-0.39, 0.29) is 22.6 Å². The number of carbonyl (C=O) groups is 1. The monoisotopic (exact) mass is 556 g/mol. The van der Waals surface area contributed by atoms with Crippen LogP contribution >= 0.6 is 11.8 Å². The second kappa shape index (κ2) is 12.9. The van der Waals surface area contributed by atoms with Gasteiger partial charge in [-0.3, -0.25) is 9.69 Å². The van der Waals surface area contributed by atoms with Gasteiger partial charge >= 0.3 is 0 Å². The van der Waals surface area contributed by atoms with E-state index >= 15 is 0 Å². The van der Waals surface area contributed by atoms with Crippen molar-refractivity contribution < 1.29 is 13.2 Å². The van der Waals surface area contributed by atoms with Gasteiger partial charge in [0.1, 0.15) is 0 Å². The van der Waals surface area contributed by atoms with Gasteiger partial charge < -0.3 is 9.88 Å². The zero-order valence-electron chi connectivity index (χ0n) is 22.2. The molecule has 11 heteroatoms. The highest BCUT2D eigenvalue weighted by atomic mass is 32.2. The van der Waals surface area contributed by atoms with Gasteiger partial charge in [-0.1, -0.05) is 55.4 Å². The summed E-state index contributed by atoms with van der Waals surface area (Å²) < 4.78 is 29.4. The summed E-state index contributed by atoms with van der Waals surface area (Å²) in [6.45, 7) is 3.85. The third kappa shape index (κ3) is 6.82. The highest BCUT2D eigenvalue weighted by Gasteiger charge is 2.26. The van der Waals surface area contributed by atoms with Gasteiger partial charge in [0.25, 0.3) is 0 Å². The quantitative estimate of drug-likeness (QED) is 0.353.